The first kappa shape index (κ1) is 25.6. The fourth-order valence-electron chi connectivity index (χ4n) is 8.31. The molecule has 2 N–H and O–H groups in total. The second kappa shape index (κ2) is 9.33. The van der Waals surface area contributed by atoms with Crippen LogP contribution in [0.25, 0.3) is 32.9 Å². The van der Waals surface area contributed by atoms with Crippen LogP contribution in [0.3, 0.4) is 0 Å². The zero-order valence-corrected chi connectivity index (χ0v) is 23.6. The minimum atomic E-state index is -0.853. The van der Waals surface area contributed by atoms with Crippen molar-refractivity contribution in [3.8, 4) is 28.9 Å². The molecule has 5 aliphatic heterocycles. The van der Waals surface area contributed by atoms with Crippen molar-refractivity contribution in [1.29, 1.82) is 0 Å². The highest BCUT2D eigenvalue weighted by atomic mass is 19.1. The highest BCUT2D eigenvalue weighted by Gasteiger charge is 2.49. The average molecular weight is 587 g/mol. The lowest BCUT2D eigenvalue weighted by Gasteiger charge is -2.40. The van der Waals surface area contributed by atoms with Crippen LogP contribution in [0.15, 0.2) is 36.4 Å². The first-order valence-corrected chi connectivity index (χ1v) is 15.3. The largest absolute Gasteiger partial charge is 0.508 e. The van der Waals surface area contributed by atoms with Gasteiger partial charge in [0.15, 0.2) is 0 Å². The molecule has 0 aliphatic carbocycles. The van der Waals surface area contributed by atoms with Gasteiger partial charge in [-0.1, -0.05) is 12.1 Å². The van der Waals surface area contributed by atoms with E-state index in [0.717, 1.165) is 44.6 Å². The minimum Gasteiger partial charge on any atom is -0.508 e. The molecule has 43 heavy (non-hydrogen) atoms. The van der Waals surface area contributed by atoms with Crippen LogP contribution in [0, 0.1) is 5.82 Å². The quantitative estimate of drug-likeness (QED) is 0.362. The number of pyridine rings is 1. The topological polar surface area (TPSA) is 95.9 Å². The third-order valence-corrected chi connectivity index (χ3v) is 10.2. The molecule has 222 valence electrons. The SMILES string of the molecule is Oc1cc(-c2cc3nc(OC[C@]45CCCN4C[C@@H](F)C5)nc4c3c(n2)OC[C@@H]2[C@@H]3CC[C@H](CN42)N3)c2c(F)cccc2c1. The summed E-state index contributed by atoms with van der Waals surface area (Å²) in [6, 6.07) is 10.5. The molecule has 5 atom stereocenters. The summed E-state index contributed by atoms with van der Waals surface area (Å²) in [5.74, 6) is 0.702. The summed E-state index contributed by atoms with van der Waals surface area (Å²) in [4.78, 5) is 19.2. The van der Waals surface area contributed by atoms with Gasteiger partial charge in [-0.2, -0.15) is 9.97 Å². The van der Waals surface area contributed by atoms with Gasteiger partial charge in [0.05, 0.1) is 22.8 Å². The molecule has 4 aromatic rings. The van der Waals surface area contributed by atoms with E-state index in [1.165, 1.54) is 18.2 Å². The summed E-state index contributed by atoms with van der Waals surface area (Å²) < 4.78 is 42.4. The fourth-order valence-corrected chi connectivity index (χ4v) is 8.31. The molecule has 0 unspecified atom stereocenters. The van der Waals surface area contributed by atoms with Gasteiger partial charge in [-0.3, -0.25) is 4.90 Å². The molecule has 0 radical (unpaired) electrons. The summed E-state index contributed by atoms with van der Waals surface area (Å²) in [6.45, 7) is 2.83. The molecule has 7 heterocycles. The minimum absolute atomic E-state index is 0.0107. The lowest BCUT2D eigenvalue weighted by atomic mass is 9.95. The van der Waals surface area contributed by atoms with Crippen LogP contribution in [0.1, 0.15) is 32.1 Å². The number of aromatic hydroxyl groups is 1. The molecule has 0 saturated carbocycles. The van der Waals surface area contributed by atoms with E-state index in [0.29, 0.717) is 71.0 Å². The smallest absolute Gasteiger partial charge is 0.319 e. The Kier molecular flexibility index (Phi) is 5.57. The van der Waals surface area contributed by atoms with E-state index in [2.05, 4.69) is 15.1 Å². The van der Waals surface area contributed by atoms with E-state index in [-0.39, 0.29) is 29.4 Å². The summed E-state index contributed by atoms with van der Waals surface area (Å²) in [5.41, 5.74) is 1.11. The number of benzene rings is 2. The van der Waals surface area contributed by atoms with Crippen molar-refractivity contribution < 1.29 is 23.4 Å². The molecule has 0 amide bonds. The van der Waals surface area contributed by atoms with Crippen molar-refractivity contribution in [1.82, 2.24) is 25.2 Å². The number of phenolic OH excluding ortho intramolecular Hbond substituents is 1. The maximum absolute atomic E-state index is 15.2. The third-order valence-electron chi connectivity index (χ3n) is 10.2. The summed E-state index contributed by atoms with van der Waals surface area (Å²) in [7, 11) is 0. The zero-order valence-electron chi connectivity index (χ0n) is 23.6. The summed E-state index contributed by atoms with van der Waals surface area (Å²) in [6.07, 6.45) is 3.67. The molecule has 4 fully saturated rings. The van der Waals surface area contributed by atoms with Crippen molar-refractivity contribution >= 4 is 27.5 Å². The van der Waals surface area contributed by atoms with Crippen molar-refractivity contribution in [3.63, 3.8) is 0 Å². The number of phenols is 1. The number of fused-ring (bicyclic) bond motifs is 7. The number of anilines is 1. The molecule has 0 spiro atoms. The van der Waals surface area contributed by atoms with Gasteiger partial charge in [0, 0.05) is 42.5 Å². The standard InChI is InChI=1S/C32H32F2N6O3/c33-18-12-32(7-2-8-39(32)13-18)16-43-31-37-25-11-24(21-10-20(41)9-17-3-1-4-22(34)27(17)21)36-30-28(25)29(38-31)40-14-19-5-6-23(35-19)26(40)15-42-30/h1,3-4,9-11,18-19,23,26,35,41H,2,5-8,12-16H2/t18-,19+,23-,26+,32+/m0/s1. The lowest BCUT2D eigenvalue weighted by Crippen LogP contribution is -2.60. The van der Waals surface area contributed by atoms with Gasteiger partial charge in [-0.15, -0.1) is 0 Å². The number of rotatable bonds is 4. The monoisotopic (exact) mass is 586 g/mol. The molecule has 2 aromatic carbocycles. The fraction of sp³-hybridized carbons (Fsp3) is 0.469. The predicted octanol–water partition coefficient (Wildman–Crippen LogP) is 4.35. The number of nitrogens with zero attached hydrogens (tertiary/aromatic N) is 5. The van der Waals surface area contributed by atoms with Crippen LogP contribution >= 0.6 is 0 Å². The van der Waals surface area contributed by atoms with E-state index < -0.39 is 12.0 Å². The second-order valence-electron chi connectivity index (χ2n) is 12.8. The van der Waals surface area contributed by atoms with E-state index in [1.54, 1.807) is 18.2 Å². The summed E-state index contributed by atoms with van der Waals surface area (Å²) in [5, 5.41) is 15.9. The normalized spacial score (nSPS) is 29.5. The van der Waals surface area contributed by atoms with Crippen LogP contribution in [-0.4, -0.2) is 87.6 Å². The lowest BCUT2D eigenvalue weighted by molar-refractivity contribution is 0.107. The summed E-state index contributed by atoms with van der Waals surface area (Å²) >= 11 is 0. The molecular weight excluding hydrogens is 554 g/mol. The number of piperazine rings is 1. The van der Waals surface area contributed by atoms with Gasteiger partial charge in [0.1, 0.15) is 42.2 Å². The van der Waals surface area contributed by atoms with E-state index in [1.807, 2.05) is 0 Å². The molecule has 2 bridgehead atoms. The number of aromatic nitrogens is 3. The second-order valence-corrected chi connectivity index (χ2v) is 12.8. The maximum Gasteiger partial charge on any atom is 0.319 e. The van der Waals surface area contributed by atoms with Gasteiger partial charge in [-0.25, -0.2) is 13.8 Å². The van der Waals surface area contributed by atoms with E-state index in [4.69, 9.17) is 24.4 Å². The number of ether oxygens (including phenoxy) is 2. The van der Waals surface area contributed by atoms with Gasteiger partial charge in [0.25, 0.3) is 0 Å². The first-order valence-electron chi connectivity index (χ1n) is 15.3. The first-order chi connectivity index (χ1) is 20.9. The van der Waals surface area contributed by atoms with Crippen molar-refractivity contribution in [2.45, 2.75) is 61.9 Å². The van der Waals surface area contributed by atoms with E-state index >= 15 is 4.39 Å². The van der Waals surface area contributed by atoms with Crippen LogP contribution in [0.5, 0.6) is 17.6 Å². The molecule has 9 rings (SSSR count). The van der Waals surface area contributed by atoms with Gasteiger partial charge >= 0.3 is 6.01 Å². The van der Waals surface area contributed by atoms with Crippen molar-refractivity contribution in [2.75, 3.05) is 37.7 Å². The molecule has 4 saturated heterocycles. The number of hydrogen-bond donors (Lipinski definition) is 2. The van der Waals surface area contributed by atoms with Gasteiger partial charge in [0.2, 0.25) is 5.88 Å². The van der Waals surface area contributed by atoms with E-state index in [9.17, 15) is 9.50 Å². The van der Waals surface area contributed by atoms with Gasteiger partial charge < -0.3 is 24.8 Å². The Morgan fingerprint density at radius 3 is 2.98 bits per heavy atom. The number of alkyl halides is 1. The highest BCUT2D eigenvalue weighted by Crippen LogP contribution is 2.44. The Labute approximate surface area is 246 Å². The van der Waals surface area contributed by atoms with Crippen LogP contribution < -0.4 is 19.7 Å². The Bertz CT molecular complexity index is 1790. The Balaban J connectivity index is 1.20. The predicted molar refractivity (Wildman–Crippen MR) is 157 cm³/mol. The molecule has 9 nitrogen and oxygen atoms in total. The Hall–Kier alpha value is -3.83. The van der Waals surface area contributed by atoms with Crippen LogP contribution in [0.4, 0.5) is 14.6 Å². The number of halogens is 2. The number of hydrogen-bond acceptors (Lipinski definition) is 9. The molecule has 11 heteroatoms. The Morgan fingerprint density at radius 2 is 2.05 bits per heavy atom. The van der Waals surface area contributed by atoms with Crippen LogP contribution in [-0.2, 0) is 0 Å². The molecular formula is C32H32F2N6O3. The third kappa shape index (κ3) is 3.97. The zero-order chi connectivity index (χ0) is 28.9. The molecule has 5 aliphatic rings. The van der Waals surface area contributed by atoms with Crippen molar-refractivity contribution in [2.24, 2.45) is 0 Å². The molecule has 2 aromatic heterocycles. The average Bonchev–Trinajstić information content (AvgIpc) is 3.62. The van der Waals surface area contributed by atoms with Crippen molar-refractivity contribution in [3.05, 3.63) is 42.2 Å². The maximum atomic E-state index is 15.2. The van der Waals surface area contributed by atoms with Crippen LogP contribution in [0.2, 0.25) is 0 Å². The number of nitrogens with one attached hydrogen (secondary N) is 1. The van der Waals surface area contributed by atoms with Gasteiger partial charge in [-0.05, 0) is 61.9 Å². The Morgan fingerprint density at radius 1 is 1.12 bits per heavy atom. The highest BCUT2D eigenvalue weighted by molar-refractivity contribution is 6.01.